The Morgan fingerprint density at radius 2 is 1.45 bits per heavy atom. The first-order chi connectivity index (χ1) is 9.79. The van der Waals surface area contributed by atoms with Crippen molar-refractivity contribution in [3.05, 3.63) is 17.5 Å². The van der Waals surface area contributed by atoms with Crippen LogP contribution in [0.15, 0.2) is 10.8 Å². The molecule has 0 saturated carbocycles. The summed E-state index contributed by atoms with van der Waals surface area (Å²) in [4.78, 5) is 0. The van der Waals surface area contributed by atoms with Gasteiger partial charge in [0.2, 0.25) is 0 Å². The third-order valence-corrected chi connectivity index (χ3v) is 4.29. The van der Waals surface area contributed by atoms with Crippen LogP contribution >= 0.6 is 0 Å². The molecule has 1 rings (SSSR count). The van der Waals surface area contributed by atoms with E-state index in [1.54, 1.807) is 0 Å². The average Bonchev–Trinajstić information content (AvgIpc) is 2.87. The molecule has 0 radical (unpaired) electrons. The lowest BCUT2D eigenvalue weighted by molar-refractivity contribution is 0.412. The molecule has 2 nitrogen and oxygen atoms in total. The van der Waals surface area contributed by atoms with Crippen LogP contribution in [0.1, 0.15) is 102 Å². The topological polar surface area (TPSA) is 26.0 Å². The van der Waals surface area contributed by atoms with E-state index in [0.29, 0.717) is 5.92 Å². The number of unbranched alkanes of at least 4 members (excludes halogenated alkanes) is 7. The lowest BCUT2D eigenvalue weighted by Gasteiger charge is -2.15. The zero-order valence-electron chi connectivity index (χ0n) is 13.8. The van der Waals surface area contributed by atoms with E-state index in [1.807, 2.05) is 6.26 Å². The van der Waals surface area contributed by atoms with Crippen molar-refractivity contribution >= 4 is 0 Å². The van der Waals surface area contributed by atoms with Crippen LogP contribution in [0.3, 0.4) is 0 Å². The van der Waals surface area contributed by atoms with Gasteiger partial charge in [-0.2, -0.15) is 0 Å². The van der Waals surface area contributed by atoms with Crippen molar-refractivity contribution in [2.24, 2.45) is 0 Å². The number of hydrogen-bond acceptors (Lipinski definition) is 2. The van der Waals surface area contributed by atoms with Gasteiger partial charge in [-0.1, -0.05) is 76.8 Å². The number of aryl methyl sites for hydroxylation is 1. The van der Waals surface area contributed by atoms with E-state index in [9.17, 15) is 0 Å². The van der Waals surface area contributed by atoms with Crippen LogP contribution in [-0.4, -0.2) is 5.16 Å². The fraction of sp³-hybridized carbons (Fsp3) is 0.833. The molecule has 0 spiro atoms. The molecule has 1 aromatic heterocycles. The number of nitrogens with zero attached hydrogens (tertiary/aromatic N) is 1. The van der Waals surface area contributed by atoms with Crippen molar-refractivity contribution < 1.29 is 4.52 Å². The van der Waals surface area contributed by atoms with Crippen LogP contribution in [0.4, 0.5) is 0 Å². The van der Waals surface area contributed by atoms with Gasteiger partial charge in [0.25, 0.3) is 0 Å². The van der Waals surface area contributed by atoms with Crippen LogP contribution in [-0.2, 0) is 0 Å². The molecule has 1 unspecified atom stereocenters. The van der Waals surface area contributed by atoms with Gasteiger partial charge in [-0.05, 0) is 25.7 Å². The summed E-state index contributed by atoms with van der Waals surface area (Å²) in [6.45, 7) is 6.63. The van der Waals surface area contributed by atoms with Crippen molar-refractivity contribution in [2.75, 3.05) is 0 Å². The predicted octanol–water partition coefficient (Wildman–Crippen LogP) is 6.40. The molecule has 0 aliphatic rings. The third kappa shape index (κ3) is 6.58. The van der Waals surface area contributed by atoms with E-state index in [4.69, 9.17) is 4.52 Å². The molecular formula is C18H33NO. The van der Waals surface area contributed by atoms with Gasteiger partial charge in [0, 0.05) is 5.56 Å². The molecule has 0 fully saturated rings. The molecule has 0 amide bonds. The molecule has 20 heavy (non-hydrogen) atoms. The van der Waals surface area contributed by atoms with E-state index in [1.165, 1.54) is 76.2 Å². The Morgan fingerprint density at radius 1 is 0.900 bits per heavy atom. The Morgan fingerprint density at radius 3 is 1.95 bits per heavy atom. The quantitative estimate of drug-likeness (QED) is 0.414. The van der Waals surface area contributed by atoms with E-state index >= 15 is 0 Å². The zero-order chi connectivity index (χ0) is 14.6. The van der Waals surface area contributed by atoms with Crippen molar-refractivity contribution in [3.63, 3.8) is 0 Å². The number of aromatic nitrogens is 1. The third-order valence-electron chi connectivity index (χ3n) is 4.29. The fourth-order valence-corrected chi connectivity index (χ4v) is 2.96. The van der Waals surface area contributed by atoms with Crippen molar-refractivity contribution in [1.29, 1.82) is 0 Å². The molecule has 0 aliphatic heterocycles. The highest BCUT2D eigenvalue weighted by atomic mass is 16.5. The van der Waals surface area contributed by atoms with Crippen molar-refractivity contribution in [2.45, 2.75) is 97.3 Å². The van der Waals surface area contributed by atoms with Gasteiger partial charge in [-0.15, -0.1) is 0 Å². The Bertz CT molecular complexity index is 332. The predicted molar refractivity (Wildman–Crippen MR) is 86.1 cm³/mol. The molecule has 0 aromatic carbocycles. The van der Waals surface area contributed by atoms with Gasteiger partial charge in [0.15, 0.2) is 0 Å². The SMILES string of the molecule is CCCCCCCC(CCCCCC)c1conc1C. The summed E-state index contributed by atoms with van der Waals surface area (Å²) in [5.74, 6) is 0.666. The van der Waals surface area contributed by atoms with Gasteiger partial charge in [-0.25, -0.2) is 0 Å². The minimum atomic E-state index is 0.666. The molecule has 1 aromatic rings. The summed E-state index contributed by atoms with van der Waals surface area (Å²) < 4.78 is 5.15. The number of hydrogen-bond donors (Lipinski definition) is 0. The van der Waals surface area contributed by atoms with Crippen molar-refractivity contribution in [1.82, 2.24) is 5.16 Å². The highest BCUT2D eigenvalue weighted by Crippen LogP contribution is 2.30. The molecule has 1 heterocycles. The number of rotatable bonds is 12. The monoisotopic (exact) mass is 279 g/mol. The van der Waals surface area contributed by atoms with E-state index in [-0.39, 0.29) is 0 Å². The first-order valence-corrected chi connectivity index (χ1v) is 8.70. The summed E-state index contributed by atoms with van der Waals surface area (Å²) in [6, 6.07) is 0. The average molecular weight is 279 g/mol. The Hall–Kier alpha value is -0.790. The van der Waals surface area contributed by atoms with Gasteiger partial charge >= 0.3 is 0 Å². The lowest BCUT2D eigenvalue weighted by Crippen LogP contribution is -2.00. The summed E-state index contributed by atoms with van der Waals surface area (Å²) in [5, 5.41) is 4.06. The second kappa shape index (κ2) is 10.9. The van der Waals surface area contributed by atoms with Crippen LogP contribution in [0.25, 0.3) is 0 Å². The van der Waals surface area contributed by atoms with Gasteiger partial charge in [-0.3, -0.25) is 0 Å². The molecule has 0 bridgehead atoms. The first kappa shape index (κ1) is 17.3. The van der Waals surface area contributed by atoms with Gasteiger partial charge < -0.3 is 4.52 Å². The normalized spacial score (nSPS) is 12.8. The maximum Gasteiger partial charge on any atom is 0.127 e. The highest BCUT2D eigenvalue weighted by Gasteiger charge is 2.16. The Kier molecular flexibility index (Phi) is 9.44. The van der Waals surface area contributed by atoms with E-state index in [0.717, 1.165) is 5.69 Å². The molecular weight excluding hydrogens is 246 g/mol. The van der Waals surface area contributed by atoms with Crippen LogP contribution in [0.2, 0.25) is 0 Å². The first-order valence-electron chi connectivity index (χ1n) is 8.70. The lowest BCUT2D eigenvalue weighted by atomic mass is 9.88. The van der Waals surface area contributed by atoms with Gasteiger partial charge in [0.05, 0.1) is 5.69 Å². The summed E-state index contributed by atoms with van der Waals surface area (Å²) in [5.41, 5.74) is 2.45. The smallest absolute Gasteiger partial charge is 0.127 e. The summed E-state index contributed by atoms with van der Waals surface area (Å²) in [7, 11) is 0. The maximum atomic E-state index is 5.15. The maximum absolute atomic E-state index is 5.15. The summed E-state index contributed by atoms with van der Waals surface area (Å²) in [6.07, 6.45) is 16.7. The minimum absolute atomic E-state index is 0.666. The Balaban J connectivity index is 2.37. The van der Waals surface area contributed by atoms with E-state index < -0.39 is 0 Å². The standard InChI is InChI=1S/C18H33NO/c1-4-6-8-10-12-14-17(13-11-9-7-5-2)18-15-20-19-16(18)3/h15,17H,4-14H2,1-3H3. The van der Waals surface area contributed by atoms with Crippen LogP contribution in [0.5, 0.6) is 0 Å². The summed E-state index contributed by atoms with van der Waals surface area (Å²) >= 11 is 0. The van der Waals surface area contributed by atoms with Gasteiger partial charge in [0.1, 0.15) is 6.26 Å². The second-order valence-electron chi connectivity index (χ2n) is 6.10. The molecule has 116 valence electrons. The zero-order valence-corrected chi connectivity index (χ0v) is 13.8. The minimum Gasteiger partial charge on any atom is -0.364 e. The molecule has 0 N–H and O–H groups in total. The van der Waals surface area contributed by atoms with Crippen LogP contribution < -0.4 is 0 Å². The Labute approximate surface area is 125 Å². The molecule has 1 atom stereocenters. The van der Waals surface area contributed by atoms with Crippen molar-refractivity contribution in [3.8, 4) is 0 Å². The molecule has 0 saturated heterocycles. The second-order valence-corrected chi connectivity index (χ2v) is 6.10. The molecule has 2 heteroatoms. The molecule has 0 aliphatic carbocycles. The fourth-order valence-electron chi connectivity index (χ4n) is 2.96. The van der Waals surface area contributed by atoms with E-state index in [2.05, 4.69) is 25.9 Å². The van der Waals surface area contributed by atoms with Crippen LogP contribution in [0, 0.1) is 6.92 Å². The largest absolute Gasteiger partial charge is 0.364 e. The highest BCUT2D eigenvalue weighted by molar-refractivity contribution is 5.18.